The van der Waals surface area contributed by atoms with E-state index in [-0.39, 0.29) is 30.6 Å². The molecule has 3 aromatic rings. The Morgan fingerprint density at radius 3 is 2.69 bits per heavy atom. The van der Waals surface area contributed by atoms with Gasteiger partial charge < -0.3 is 19.0 Å². The second kappa shape index (κ2) is 10.9. The number of rotatable bonds is 7. The summed E-state index contributed by atoms with van der Waals surface area (Å²) in [6.45, 7) is 2.70. The van der Waals surface area contributed by atoms with Crippen molar-refractivity contribution < 1.29 is 33.0 Å². The monoisotopic (exact) mass is 481 g/mol. The van der Waals surface area contributed by atoms with Gasteiger partial charge in [0.05, 0.1) is 32.9 Å². The number of halogens is 1. The summed E-state index contributed by atoms with van der Waals surface area (Å²) in [6.07, 6.45) is 3.61. The normalized spacial score (nSPS) is 13.0. The van der Waals surface area contributed by atoms with Crippen LogP contribution in [0.3, 0.4) is 0 Å². The highest BCUT2D eigenvalue weighted by Gasteiger charge is 2.27. The van der Waals surface area contributed by atoms with Gasteiger partial charge in [-0.25, -0.2) is 14.2 Å². The first kappa shape index (κ1) is 24.1. The van der Waals surface area contributed by atoms with Gasteiger partial charge in [0.2, 0.25) is 5.88 Å². The summed E-state index contributed by atoms with van der Waals surface area (Å²) in [4.78, 5) is 37.0. The number of hydrogen-bond acceptors (Lipinski definition) is 9. The number of aromatic nitrogens is 2. The summed E-state index contributed by atoms with van der Waals surface area (Å²) in [5.41, 5.74) is 3.43. The molecule has 0 N–H and O–H groups in total. The van der Waals surface area contributed by atoms with Crippen molar-refractivity contribution in [2.45, 2.75) is 26.3 Å². The van der Waals surface area contributed by atoms with Crippen molar-refractivity contribution >= 4 is 12.1 Å². The van der Waals surface area contributed by atoms with Crippen molar-refractivity contribution in [2.24, 2.45) is 0 Å². The molecule has 0 radical (unpaired) electrons. The standard InChI is InChI=1S/C25H24FN3O6/c1-3-33-22-12-16(13-24(30)32-2)4-5-19(22)17-6-7-21(26)18-8-11-29(15-20(17)18)35-25(31)34-23-14-27-9-10-28-23/h4-7,9-10,12,14H,3,8,11,13,15H2,1-2H3. The van der Waals surface area contributed by atoms with Gasteiger partial charge in [-0.15, -0.1) is 5.06 Å². The van der Waals surface area contributed by atoms with Gasteiger partial charge in [0.25, 0.3) is 0 Å². The summed E-state index contributed by atoms with van der Waals surface area (Å²) >= 11 is 0. The molecule has 182 valence electrons. The van der Waals surface area contributed by atoms with Crippen LogP contribution in [-0.4, -0.2) is 47.4 Å². The zero-order valence-corrected chi connectivity index (χ0v) is 19.3. The van der Waals surface area contributed by atoms with Crippen molar-refractivity contribution in [2.75, 3.05) is 20.3 Å². The van der Waals surface area contributed by atoms with E-state index in [9.17, 15) is 14.0 Å². The van der Waals surface area contributed by atoms with Crippen molar-refractivity contribution in [1.29, 1.82) is 0 Å². The maximum absolute atomic E-state index is 14.7. The van der Waals surface area contributed by atoms with Gasteiger partial charge in [-0.2, -0.15) is 0 Å². The van der Waals surface area contributed by atoms with Crippen LogP contribution >= 0.6 is 0 Å². The van der Waals surface area contributed by atoms with Crippen molar-refractivity contribution in [1.82, 2.24) is 15.0 Å². The lowest BCUT2D eigenvalue weighted by molar-refractivity contribution is -0.139. The lowest BCUT2D eigenvalue weighted by Gasteiger charge is -2.29. The molecule has 1 aliphatic rings. The molecule has 0 unspecified atom stereocenters. The fourth-order valence-corrected chi connectivity index (χ4v) is 3.90. The highest BCUT2D eigenvalue weighted by molar-refractivity contribution is 5.77. The number of methoxy groups -OCH3 is 1. The van der Waals surface area contributed by atoms with E-state index in [2.05, 4.69) is 9.97 Å². The topological polar surface area (TPSA) is 100 Å². The number of hydrogen-bond donors (Lipinski definition) is 0. The van der Waals surface area contributed by atoms with Crippen molar-refractivity contribution in [3.63, 3.8) is 0 Å². The van der Waals surface area contributed by atoms with Crippen LogP contribution in [-0.2, 0) is 33.8 Å². The highest BCUT2D eigenvalue weighted by atomic mass is 19.1. The van der Waals surface area contributed by atoms with Crippen LogP contribution in [0, 0.1) is 5.82 Å². The molecule has 4 rings (SSSR count). The Morgan fingerprint density at radius 1 is 1.11 bits per heavy atom. The van der Waals surface area contributed by atoms with E-state index in [1.165, 1.54) is 36.8 Å². The number of ether oxygens (including phenoxy) is 3. The van der Waals surface area contributed by atoms with Crippen LogP contribution in [0.2, 0.25) is 0 Å². The molecule has 0 aliphatic carbocycles. The Kier molecular flexibility index (Phi) is 7.51. The first-order valence-electron chi connectivity index (χ1n) is 11.0. The van der Waals surface area contributed by atoms with Gasteiger partial charge in [-0.05, 0) is 47.7 Å². The van der Waals surface area contributed by atoms with E-state index in [1.807, 2.05) is 13.0 Å². The Hall–Kier alpha value is -4.05. The average Bonchev–Trinajstić information content (AvgIpc) is 2.85. The zero-order valence-electron chi connectivity index (χ0n) is 19.3. The third-order valence-corrected chi connectivity index (χ3v) is 5.46. The van der Waals surface area contributed by atoms with Gasteiger partial charge in [0.1, 0.15) is 11.6 Å². The SMILES string of the molecule is CCOc1cc(CC(=O)OC)ccc1-c1ccc(F)c2c1CN(OC(=O)Oc1cnccn1)CC2. The van der Waals surface area contributed by atoms with E-state index < -0.39 is 6.16 Å². The third kappa shape index (κ3) is 5.72. The lowest BCUT2D eigenvalue weighted by Crippen LogP contribution is -2.34. The number of hydroxylamine groups is 2. The number of benzene rings is 2. The Morgan fingerprint density at radius 2 is 1.94 bits per heavy atom. The molecule has 1 aliphatic heterocycles. The summed E-state index contributed by atoms with van der Waals surface area (Å²) in [7, 11) is 1.34. The quantitative estimate of drug-likeness (QED) is 0.465. The van der Waals surface area contributed by atoms with Crippen LogP contribution < -0.4 is 9.47 Å². The molecule has 35 heavy (non-hydrogen) atoms. The summed E-state index contributed by atoms with van der Waals surface area (Å²) in [5.74, 6) is -0.121. The first-order chi connectivity index (χ1) is 17.0. The van der Waals surface area contributed by atoms with E-state index in [1.54, 1.807) is 18.2 Å². The maximum atomic E-state index is 14.7. The molecule has 1 aromatic heterocycles. The van der Waals surface area contributed by atoms with Crippen LogP contribution in [0.15, 0.2) is 48.9 Å². The zero-order chi connectivity index (χ0) is 24.8. The second-order valence-electron chi connectivity index (χ2n) is 7.67. The minimum absolute atomic E-state index is 0.00930. The Balaban J connectivity index is 1.61. The van der Waals surface area contributed by atoms with Crippen LogP contribution in [0.25, 0.3) is 11.1 Å². The molecule has 10 heteroatoms. The number of nitrogens with zero attached hydrogens (tertiary/aromatic N) is 3. The van der Waals surface area contributed by atoms with Gasteiger partial charge in [-0.3, -0.25) is 9.78 Å². The third-order valence-electron chi connectivity index (χ3n) is 5.46. The molecular formula is C25H24FN3O6. The van der Waals surface area contributed by atoms with Crippen LogP contribution in [0.5, 0.6) is 11.6 Å². The number of esters is 1. The fourth-order valence-electron chi connectivity index (χ4n) is 3.90. The van der Waals surface area contributed by atoms with E-state index in [4.69, 9.17) is 19.0 Å². The second-order valence-corrected chi connectivity index (χ2v) is 7.67. The number of fused-ring (bicyclic) bond motifs is 1. The molecule has 0 saturated carbocycles. The largest absolute Gasteiger partial charge is 0.534 e. The Bertz CT molecular complexity index is 1220. The summed E-state index contributed by atoms with van der Waals surface area (Å²) in [5, 5.41) is 1.41. The van der Waals surface area contributed by atoms with E-state index >= 15 is 0 Å². The molecule has 0 amide bonds. The molecule has 0 spiro atoms. The summed E-state index contributed by atoms with van der Waals surface area (Å²) in [6, 6.07) is 8.51. The smallest absolute Gasteiger partial charge is 0.493 e. The van der Waals surface area contributed by atoms with Crippen LogP contribution in [0.4, 0.5) is 9.18 Å². The molecule has 9 nitrogen and oxygen atoms in total. The predicted octanol–water partition coefficient (Wildman–Crippen LogP) is 3.89. The van der Waals surface area contributed by atoms with Crippen molar-refractivity contribution in [3.05, 3.63) is 71.4 Å². The van der Waals surface area contributed by atoms with E-state index in [0.717, 1.165) is 16.7 Å². The van der Waals surface area contributed by atoms with Gasteiger partial charge in [-0.1, -0.05) is 18.2 Å². The fraction of sp³-hybridized carbons (Fsp3) is 0.280. The molecule has 0 bridgehead atoms. The van der Waals surface area contributed by atoms with Gasteiger partial charge >= 0.3 is 12.1 Å². The number of carbonyl (C=O) groups is 2. The predicted molar refractivity (Wildman–Crippen MR) is 122 cm³/mol. The number of carbonyl (C=O) groups excluding carboxylic acids is 2. The molecule has 2 heterocycles. The highest BCUT2D eigenvalue weighted by Crippen LogP contribution is 2.38. The van der Waals surface area contributed by atoms with Gasteiger partial charge in [0, 0.05) is 24.5 Å². The average molecular weight is 481 g/mol. The van der Waals surface area contributed by atoms with Crippen LogP contribution in [0.1, 0.15) is 23.6 Å². The summed E-state index contributed by atoms with van der Waals surface area (Å²) < 4.78 is 30.3. The van der Waals surface area contributed by atoms with E-state index in [0.29, 0.717) is 36.4 Å². The molecule has 0 saturated heterocycles. The lowest BCUT2D eigenvalue weighted by atomic mass is 9.90. The molecule has 0 fully saturated rings. The minimum atomic E-state index is -0.964. The molecule has 0 atom stereocenters. The van der Waals surface area contributed by atoms with Crippen molar-refractivity contribution in [3.8, 4) is 22.8 Å². The maximum Gasteiger partial charge on any atom is 0.534 e. The Labute approximate surface area is 201 Å². The first-order valence-corrected chi connectivity index (χ1v) is 11.0. The minimum Gasteiger partial charge on any atom is -0.493 e. The molecular weight excluding hydrogens is 457 g/mol. The molecule has 2 aromatic carbocycles. The van der Waals surface area contributed by atoms with Gasteiger partial charge in [0.15, 0.2) is 0 Å².